The van der Waals surface area contributed by atoms with E-state index in [4.69, 9.17) is 17.0 Å². The average Bonchev–Trinajstić information content (AvgIpc) is 3.42. The van der Waals surface area contributed by atoms with Gasteiger partial charge in [-0.1, -0.05) is 30.3 Å². The molecule has 2 aromatic heterocycles. The Labute approximate surface area is 166 Å². The first-order valence-corrected chi connectivity index (χ1v) is 9.51. The SMILES string of the molecule is COc1ccc2ccccc2c1/C=N\n1c(-c2n[nH]c3c2CCC3)n[nH]c1=S. The van der Waals surface area contributed by atoms with Crippen LogP contribution in [0.5, 0.6) is 5.75 Å². The molecule has 2 aromatic carbocycles. The Morgan fingerprint density at radius 1 is 1.14 bits per heavy atom. The maximum Gasteiger partial charge on any atom is 0.216 e. The predicted octanol–water partition coefficient (Wildman–Crippen LogP) is 3.86. The molecular weight excluding hydrogens is 372 g/mol. The molecule has 0 radical (unpaired) electrons. The van der Waals surface area contributed by atoms with Gasteiger partial charge in [0.05, 0.1) is 13.3 Å². The van der Waals surface area contributed by atoms with E-state index in [0.717, 1.165) is 47.0 Å². The van der Waals surface area contributed by atoms with Crippen molar-refractivity contribution >= 4 is 29.2 Å². The van der Waals surface area contributed by atoms with Gasteiger partial charge in [0.2, 0.25) is 10.6 Å². The molecular formula is C20H18N6OS. The molecule has 4 aromatic rings. The molecule has 0 fully saturated rings. The molecule has 0 spiro atoms. The fraction of sp³-hybridized carbons (Fsp3) is 0.200. The van der Waals surface area contributed by atoms with E-state index in [2.05, 4.69) is 37.6 Å². The summed E-state index contributed by atoms with van der Waals surface area (Å²) < 4.78 is 7.58. The van der Waals surface area contributed by atoms with E-state index in [-0.39, 0.29) is 0 Å². The van der Waals surface area contributed by atoms with Gasteiger partial charge in [-0.2, -0.15) is 20.0 Å². The summed E-state index contributed by atoms with van der Waals surface area (Å²) in [5.74, 6) is 1.36. The smallest absolute Gasteiger partial charge is 0.216 e. The van der Waals surface area contributed by atoms with Gasteiger partial charge in [-0.05, 0) is 48.3 Å². The highest BCUT2D eigenvalue weighted by Gasteiger charge is 2.23. The number of benzene rings is 2. The minimum Gasteiger partial charge on any atom is -0.496 e. The molecule has 0 saturated heterocycles. The maximum atomic E-state index is 5.55. The molecule has 2 heterocycles. The highest BCUT2D eigenvalue weighted by Crippen LogP contribution is 2.30. The number of nitrogens with zero attached hydrogens (tertiary/aromatic N) is 4. The zero-order chi connectivity index (χ0) is 19.1. The van der Waals surface area contributed by atoms with Crippen molar-refractivity contribution in [2.45, 2.75) is 19.3 Å². The molecule has 5 rings (SSSR count). The van der Waals surface area contributed by atoms with Gasteiger partial charge in [0, 0.05) is 16.8 Å². The third kappa shape index (κ3) is 2.65. The van der Waals surface area contributed by atoms with E-state index in [1.807, 2.05) is 24.3 Å². The summed E-state index contributed by atoms with van der Waals surface area (Å²) in [5, 5.41) is 21.6. The van der Waals surface area contributed by atoms with Gasteiger partial charge >= 0.3 is 0 Å². The monoisotopic (exact) mass is 390 g/mol. The predicted molar refractivity (Wildman–Crippen MR) is 111 cm³/mol. The number of H-pyrrole nitrogens is 2. The first-order valence-electron chi connectivity index (χ1n) is 9.10. The molecule has 0 aliphatic heterocycles. The maximum absolute atomic E-state index is 5.55. The van der Waals surface area contributed by atoms with E-state index in [1.165, 1.54) is 11.3 Å². The van der Waals surface area contributed by atoms with Crippen molar-refractivity contribution in [3.8, 4) is 17.3 Å². The Morgan fingerprint density at radius 2 is 2.04 bits per heavy atom. The minimum atomic E-state index is 0.417. The lowest BCUT2D eigenvalue weighted by Gasteiger charge is -2.08. The van der Waals surface area contributed by atoms with Crippen molar-refractivity contribution in [3.63, 3.8) is 0 Å². The van der Waals surface area contributed by atoms with Crippen molar-refractivity contribution < 1.29 is 4.74 Å². The first-order chi connectivity index (χ1) is 13.8. The number of aromatic nitrogens is 5. The molecule has 2 N–H and O–H groups in total. The Balaban J connectivity index is 1.63. The van der Waals surface area contributed by atoms with Crippen molar-refractivity contribution in [3.05, 3.63) is 58.0 Å². The molecule has 140 valence electrons. The quantitative estimate of drug-likeness (QED) is 0.409. The van der Waals surface area contributed by atoms with Crippen LogP contribution in [0, 0.1) is 4.77 Å². The second-order valence-electron chi connectivity index (χ2n) is 6.69. The third-order valence-corrected chi connectivity index (χ3v) is 5.39. The molecule has 0 bridgehead atoms. The number of ether oxygens (including phenoxy) is 1. The van der Waals surface area contributed by atoms with Crippen molar-refractivity contribution in [2.24, 2.45) is 5.10 Å². The first kappa shape index (κ1) is 16.9. The van der Waals surface area contributed by atoms with Crippen LogP contribution in [-0.4, -0.2) is 38.4 Å². The number of methoxy groups -OCH3 is 1. The highest BCUT2D eigenvalue weighted by atomic mass is 32.1. The van der Waals surface area contributed by atoms with Crippen LogP contribution in [0.3, 0.4) is 0 Å². The molecule has 28 heavy (non-hydrogen) atoms. The molecule has 1 aliphatic carbocycles. The molecule has 0 unspecified atom stereocenters. The number of hydrogen-bond acceptors (Lipinski definition) is 5. The fourth-order valence-electron chi connectivity index (χ4n) is 3.76. The van der Waals surface area contributed by atoms with Crippen molar-refractivity contribution in [2.75, 3.05) is 7.11 Å². The lowest BCUT2D eigenvalue weighted by atomic mass is 10.0. The molecule has 0 amide bonds. The number of nitrogens with one attached hydrogen (secondary N) is 2. The van der Waals surface area contributed by atoms with E-state index in [1.54, 1.807) is 18.0 Å². The number of aromatic amines is 2. The van der Waals surface area contributed by atoms with Crippen molar-refractivity contribution in [1.29, 1.82) is 0 Å². The zero-order valence-corrected chi connectivity index (χ0v) is 16.1. The van der Waals surface area contributed by atoms with Crippen LogP contribution in [0.1, 0.15) is 23.2 Å². The number of hydrogen-bond donors (Lipinski definition) is 2. The van der Waals surface area contributed by atoms with Gasteiger partial charge in [0.25, 0.3) is 0 Å². The fourth-order valence-corrected chi connectivity index (χ4v) is 3.94. The molecule has 0 saturated carbocycles. The van der Waals surface area contributed by atoms with E-state index in [9.17, 15) is 0 Å². The van der Waals surface area contributed by atoms with E-state index >= 15 is 0 Å². The molecule has 1 aliphatic rings. The number of aryl methyl sites for hydroxylation is 1. The summed E-state index contributed by atoms with van der Waals surface area (Å²) in [4.78, 5) is 0. The Kier molecular flexibility index (Phi) is 4.05. The number of rotatable bonds is 4. The lowest BCUT2D eigenvalue weighted by molar-refractivity contribution is 0.415. The van der Waals surface area contributed by atoms with Crippen LogP contribution in [0.4, 0.5) is 0 Å². The summed E-state index contributed by atoms with van der Waals surface area (Å²) in [6, 6.07) is 12.1. The van der Waals surface area contributed by atoms with Gasteiger partial charge in [-0.15, -0.1) is 0 Å². The Morgan fingerprint density at radius 3 is 2.93 bits per heavy atom. The zero-order valence-electron chi connectivity index (χ0n) is 15.3. The second kappa shape index (κ2) is 6.72. The van der Waals surface area contributed by atoms with Crippen molar-refractivity contribution in [1.82, 2.24) is 25.1 Å². The summed E-state index contributed by atoms with van der Waals surface area (Å²) in [6.45, 7) is 0. The van der Waals surface area contributed by atoms with Crippen LogP contribution in [0.2, 0.25) is 0 Å². The summed E-state index contributed by atoms with van der Waals surface area (Å²) >= 11 is 5.41. The summed E-state index contributed by atoms with van der Waals surface area (Å²) in [6.07, 6.45) is 4.90. The van der Waals surface area contributed by atoms with Gasteiger partial charge < -0.3 is 4.74 Å². The Bertz CT molecular complexity index is 1270. The van der Waals surface area contributed by atoms with E-state index in [0.29, 0.717) is 10.6 Å². The largest absolute Gasteiger partial charge is 0.496 e. The van der Waals surface area contributed by atoms with Crippen LogP contribution in [0.15, 0.2) is 41.5 Å². The lowest BCUT2D eigenvalue weighted by Crippen LogP contribution is -1.99. The van der Waals surface area contributed by atoms with Gasteiger partial charge in [0.15, 0.2) is 0 Å². The van der Waals surface area contributed by atoms with Gasteiger partial charge in [0.1, 0.15) is 11.4 Å². The highest BCUT2D eigenvalue weighted by molar-refractivity contribution is 7.71. The average molecular weight is 390 g/mol. The summed E-state index contributed by atoms with van der Waals surface area (Å²) in [7, 11) is 1.66. The van der Waals surface area contributed by atoms with Crippen LogP contribution >= 0.6 is 12.2 Å². The second-order valence-corrected chi connectivity index (χ2v) is 7.08. The third-order valence-electron chi connectivity index (χ3n) is 5.12. The standard InChI is InChI=1S/C20H18N6OS/c1-27-17-10-9-12-5-2-3-6-13(12)15(17)11-21-26-19(24-25-20(26)28)18-14-7-4-8-16(14)22-23-18/h2-3,5-6,9-11H,4,7-8H2,1H3,(H,22,23)(H,25,28)/b21-11-. The summed E-state index contributed by atoms with van der Waals surface area (Å²) in [5.41, 5.74) is 4.08. The normalized spacial score (nSPS) is 13.5. The van der Waals surface area contributed by atoms with E-state index < -0.39 is 0 Å². The number of fused-ring (bicyclic) bond motifs is 2. The van der Waals surface area contributed by atoms with Crippen LogP contribution in [-0.2, 0) is 12.8 Å². The molecule has 8 heteroatoms. The molecule has 7 nitrogen and oxygen atoms in total. The Hall–Kier alpha value is -3.26. The van der Waals surface area contributed by atoms with Crippen LogP contribution in [0.25, 0.3) is 22.3 Å². The molecule has 0 atom stereocenters. The van der Waals surface area contributed by atoms with Gasteiger partial charge in [-0.3, -0.25) is 5.10 Å². The van der Waals surface area contributed by atoms with Gasteiger partial charge in [-0.25, -0.2) is 5.10 Å². The minimum absolute atomic E-state index is 0.417. The topological polar surface area (TPSA) is 83.9 Å². The van der Waals surface area contributed by atoms with Crippen LogP contribution < -0.4 is 4.74 Å².